The standard InChI is InChI=1S/C18H15Cl2FN2O2S/c1-2-25-8-7-23-15-6-4-12(21)10-16(15)26-18(23)22-17(24)13-9-11(19)3-5-14(13)20/h3-6,9-10H,2,7-8H2,1H3. The topological polar surface area (TPSA) is 43.6 Å². The zero-order valence-corrected chi connectivity index (χ0v) is 16.2. The van der Waals surface area contributed by atoms with E-state index in [-0.39, 0.29) is 16.4 Å². The highest BCUT2D eigenvalue weighted by Gasteiger charge is 2.13. The Morgan fingerprint density at radius 1 is 1.27 bits per heavy atom. The van der Waals surface area contributed by atoms with Crippen LogP contribution < -0.4 is 4.80 Å². The second-order valence-corrected chi connectivity index (χ2v) is 7.24. The van der Waals surface area contributed by atoms with E-state index in [1.165, 1.54) is 29.5 Å². The molecule has 4 nitrogen and oxygen atoms in total. The monoisotopic (exact) mass is 412 g/mol. The van der Waals surface area contributed by atoms with Crippen LogP contribution in [0.15, 0.2) is 41.4 Å². The number of ether oxygens (including phenoxy) is 1. The summed E-state index contributed by atoms with van der Waals surface area (Å²) in [5.41, 5.74) is 1.01. The van der Waals surface area contributed by atoms with Crippen molar-refractivity contribution in [1.82, 2.24) is 4.57 Å². The normalized spacial score (nSPS) is 12.1. The Hall–Kier alpha value is -1.73. The van der Waals surface area contributed by atoms with E-state index >= 15 is 0 Å². The van der Waals surface area contributed by atoms with Crippen molar-refractivity contribution in [3.63, 3.8) is 0 Å². The van der Waals surface area contributed by atoms with Gasteiger partial charge in [-0.15, -0.1) is 0 Å². The molecule has 0 aliphatic heterocycles. The Balaban J connectivity index is 2.09. The smallest absolute Gasteiger partial charge is 0.281 e. The average Bonchev–Trinajstić information content (AvgIpc) is 2.93. The minimum Gasteiger partial charge on any atom is -0.380 e. The minimum atomic E-state index is -0.505. The first kappa shape index (κ1) is 19.0. The van der Waals surface area contributed by atoms with E-state index in [0.29, 0.717) is 34.3 Å². The van der Waals surface area contributed by atoms with Crippen molar-refractivity contribution >= 4 is 50.7 Å². The number of amides is 1. The molecule has 0 saturated heterocycles. The molecule has 0 N–H and O–H groups in total. The quantitative estimate of drug-likeness (QED) is 0.557. The van der Waals surface area contributed by atoms with Gasteiger partial charge in [0.25, 0.3) is 5.91 Å². The van der Waals surface area contributed by atoms with Crippen LogP contribution in [-0.4, -0.2) is 23.7 Å². The Morgan fingerprint density at radius 2 is 2.08 bits per heavy atom. The van der Waals surface area contributed by atoms with Gasteiger partial charge in [0, 0.05) is 18.2 Å². The third-order valence-corrected chi connectivity index (χ3v) is 5.27. The first-order valence-corrected chi connectivity index (χ1v) is 9.47. The second-order valence-electron chi connectivity index (χ2n) is 5.39. The van der Waals surface area contributed by atoms with E-state index in [4.69, 9.17) is 27.9 Å². The first-order valence-electron chi connectivity index (χ1n) is 7.90. The van der Waals surface area contributed by atoms with Crippen LogP contribution in [0.1, 0.15) is 17.3 Å². The van der Waals surface area contributed by atoms with E-state index in [9.17, 15) is 9.18 Å². The van der Waals surface area contributed by atoms with Crippen LogP contribution in [0.4, 0.5) is 4.39 Å². The van der Waals surface area contributed by atoms with Gasteiger partial charge in [0.05, 0.1) is 27.4 Å². The predicted octanol–water partition coefficient (Wildman–Crippen LogP) is 4.93. The van der Waals surface area contributed by atoms with Gasteiger partial charge < -0.3 is 9.30 Å². The van der Waals surface area contributed by atoms with E-state index in [1.54, 1.807) is 18.2 Å². The van der Waals surface area contributed by atoms with Gasteiger partial charge in [0.15, 0.2) is 4.80 Å². The van der Waals surface area contributed by atoms with Gasteiger partial charge in [-0.3, -0.25) is 4.79 Å². The molecule has 0 spiro atoms. The molecule has 0 unspecified atom stereocenters. The lowest BCUT2D eigenvalue weighted by atomic mass is 10.2. The number of fused-ring (bicyclic) bond motifs is 1. The van der Waals surface area contributed by atoms with Gasteiger partial charge in [-0.05, 0) is 43.3 Å². The minimum absolute atomic E-state index is 0.221. The number of carbonyl (C=O) groups excluding carboxylic acids is 1. The number of hydrogen-bond donors (Lipinski definition) is 0. The molecule has 3 aromatic rings. The van der Waals surface area contributed by atoms with Gasteiger partial charge in [-0.2, -0.15) is 4.99 Å². The molecule has 3 rings (SSSR count). The first-order chi connectivity index (χ1) is 12.5. The molecule has 0 radical (unpaired) electrons. The molecule has 0 aliphatic rings. The van der Waals surface area contributed by atoms with Crippen molar-refractivity contribution in [2.75, 3.05) is 13.2 Å². The van der Waals surface area contributed by atoms with E-state index in [2.05, 4.69) is 4.99 Å². The summed E-state index contributed by atoms with van der Waals surface area (Å²) in [5, 5.41) is 0.673. The molecule has 0 saturated carbocycles. The zero-order valence-electron chi connectivity index (χ0n) is 13.8. The van der Waals surface area contributed by atoms with Gasteiger partial charge in [-0.1, -0.05) is 34.5 Å². The average molecular weight is 413 g/mol. The molecule has 26 heavy (non-hydrogen) atoms. The van der Waals surface area contributed by atoms with E-state index < -0.39 is 5.91 Å². The molecule has 8 heteroatoms. The third-order valence-electron chi connectivity index (χ3n) is 3.66. The summed E-state index contributed by atoms with van der Waals surface area (Å²) < 4.78 is 21.5. The van der Waals surface area contributed by atoms with Crippen molar-refractivity contribution in [2.45, 2.75) is 13.5 Å². The maximum Gasteiger partial charge on any atom is 0.281 e. The highest BCUT2D eigenvalue weighted by Crippen LogP contribution is 2.22. The lowest BCUT2D eigenvalue weighted by Crippen LogP contribution is -2.19. The van der Waals surface area contributed by atoms with Crippen LogP contribution in [0.25, 0.3) is 10.2 Å². The Morgan fingerprint density at radius 3 is 2.85 bits per heavy atom. The number of rotatable bonds is 5. The second kappa shape index (κ2) is 8.31. The van der Waals surface area contributed by atoms with E-state index in [1.807, 2.05) is 11.5 Å². The summed E-state index contributed by atoms with van der Waals surface area (Å²) in [7, 11) is 0. The van der Waals surface area contributed by atoms with Crippen molar-refractivity contribution in [3.8, 4) is 0 Å². The fourth-order valence-corrected chi connectivity index (χ4v) is 3.91. The Bertz CT molecular complexity index is 1030. The van der Waals surface area contributed by atoms with Crippen LogP contribution in [-0.2, 0) is 11.3 Å². The number of nitrogens with zero attached hydrogens (tertiary/aromatic N) is 2. The Labute approximate surface area is 163 Å². The van der Waals surface area contributed by atoms with Crippen LogP contribution in [0.3, 0.4) is 0 Å². The third kappa shape index (κ3) is 4.15. The van der Waals surface area contributed by atoms with Crippen molar-refractivity contribution in [3.05, 3.63) is 62.6 Å². The van der Waals surface area contributed by atoms with E-state index in [0.717, 1.165) is 5.52 Å². The lowest BCUT2D eigenvalue weighted by molar-refractivity contribution is 0.0997. The number of halogens is 3. The molecule has 0 atom stereocenters. The number of carbonyl (C=O) groups is 1. The largest absolute Gasteiger partial charge is 0.380 e. The highest BCUT2D eigenvalue weighted by molar-refractivity contribution is 7.16. The number of aromatic nitrogens is 1. The molecule has 0 fully saturated rings. The van der Waals surface area contributed by atoms with Crippen LogP contribution in [0.2, 0.25) is 10.0 Å². The SMILES string of the molecule is CCOCCn1c(=NC(=O)c2cc(Cl)ccc2Cl)sc2cc(F)ccc21. The molecular formula is C18H15Cl2FN2O2S. The van der Waals surface area contributed by atoms with Crippen molar-refractivity contribution < 1.29 is 13.9 Å². The number of hydrogen-bond acceptors (Lipinski definition) is 3. The number of thiazole rings is 1. The fourth-order valence-electron chi connectivity index (χ4n) is 2.46. The Kier molecular flexibility index (Phi) is 6.09. The van der Waals surface area contributed by atoms with Crippen molar-refractivity contribution in [1.29, 1.82) is 0 Å². The summed E-state index contributed by atoms with van der Waals surface area (Å²) in [6.45, 7) is 3.44. The van der Waals surface area contributed by atoms with Gasteiger partial charge in [0.1, 0.15) is 5.82 Å². The number of benzene rings is 2. The molecule has 2 aromatic carbocycles. The zero-order chi connectivity index (χ0) is 18.7. The van der Waals surface area contributed by atoms with Gasteiger partial charge in [0.2, 0.25) is 0 Å². The molecule has 1 aromatic heterocycles. The van der Waals surface area contributed by atoms with Crippen molar-refractivity contribution in [2.24, 2.45) is 4.99 Å². The fraction of sp³-hybridized carbons (Fsp3) is 0.222. The maximum absolute atomic E-state index is 13.6. The molecule has 1 amide bonds. The van der Waals surface area contributed by atoms with Crippen LogP contribution in [0, 0.1) is 5.82 Å². The molecule has 0 bridgehead atoms. The maximum atomic E-state index is 13.6. The van der Waals surface area contributed by atoms with Crippen LogP contribution >= 0.6 is 34.5 Å². The summed E-state index contributed by atoms with van der Waals surface area (Å²) >= 11 is 13.3. The van der Waals surface area contributed by atoms with Gasteiger partial charge >= 0.3 is 0 Å². The molecule has 136 valence electrons. The summed E-state index contributed by atoms with van der Waals surface area (Å²) in [5.74, 6) is -0.846. The van der Waals surface area contributed by atoms with Gasteiger partial charge in [-0.25, -0.2) is 4.39 Å². The summed E-state index contributed by atoms with van der Waals surface area (Å²) in [6.07, 6.45) is 0. The van der Waals surface area contributed by atoms with Crippen LogP contribution in [0.5, 0.6) is 0 Å². The molecular weight excluding hydrogens is 398 g/mol. The summed E-state index contributed by atoms with van der Waals surface area (Å²) in [6, 6.07) is 9.11. The lowest BCUT2D eigenvalue weighted by Gasteiger charge is -2.05. The predicted molar refractivity (Wildman–Crippen MR) is 103 cm³/mol. The molecule has 1 heterocycles. The molecule has 0 aliphatic carbocycles. The highest BCUT2D eigenvalue weighted by atomic mass is 35.5. The summed E-state index contributed by atoms with van der Waals surface area (Å²) in [4.78, 5) is 17.2.